The predicted octanol–water partition coefficient (Wildman–Crippen LogP) is 0.576. The lowest BCUT2D eigenvalue weighted by Crippen LogP contribution is -2.48. The summed E-state index contributed by atoms with van der Waals surface area (Å²) in [6.07, 6.45) is 3.62. The number of aliphatic hydroxyl groups excluding tert-OH is 1. The molecule has 2 unspecified atom stereocenters. The SMILES string of the molecule is CCOCC(=O)N1CC(CO)CC(CN2CCCC2)C1. The van der Waals surface area contributed by atoms with Crippen LogP contribution in [0.25, 0.3) is 0 Å². The van der Waals surface area contributed by atoms with Crippen LogP contribution in [-0.2, 0) is 9.53 Å². The summed E-state index contributed by atoms with van der Waals surface area (Å²) < 4.78 is 5.22. The first-order valence-corrected chi connectivity index (χ1v) is 7.91. The highest BCUT2D eigenvalue weighted by atomic mass is 16.5. The Morgan fingerprint density at radius 1 is 1.25 bits per heavy atom. The minimum absolute atomic E-state index is 0.0661. The summed E-state index contributed by atoms with van der Waals surface area (Å²) >= 11 is 0. The molecule has 2 heterocycles. The molecule has 5 nitrogen and oxygen atoms in total. The van der Waals surface area contributed by atoms with Crippen LogP contribution < -0.4 is 0 Å². The Morgan fingerprint density at radius 2 is 1.95 bits per heavy atom. The van der Waals surface area contributed by atoms with E-state index in [0.29, 0.717) is 19.1 Å². The third-order valence-corrected chi connectivity index (χ3v) is 4.38. The number of aliphatic hydroxyl groups is 1. The second-order valence-corrected chi connectivity index (χ2v) is 6.09. The van der Waals surface area contributed by atoms with Gasteiger partial charge in [0.2, 0.25) is 5.91 Å². The molecule has 2 saturated heterocycles. The molecule has 116 valence electrons. The molecule has 0 aromatic rings. The maximum absolute atomic E-state index is 12.1. The summed E-state index contributed by atoms with van der Waals surface area (Å²) in [5.41, 5.74) is 0. The minimum Gasteiger partial charge on any atom is -0.396 e. The van der Waals surface area contributed by atoms with E-state index in [4.69, 9.17) is 4.74 Å². The first-order valence-electron chi connectivity index (χ1n) is 7.91. The van der Waals surface area contributed by atoms with Crippen molar-refractivity contribution < 1.29 is 14.6 Å². The molecule has 2 aliphatic heterocycles. The van der Waals surface area contributed by atoms with Crippen LogP contribution in [0.4, 0.5) is 0 Å². The standard InChI is InChI=1S/C15H28N2O3/c1-2-20-12-15(19)17-9-13(7-14(10-17)11-18)8-16-5-3-4-6-16/h13-14,18H,2-12H2,1H3. The van der Waals surface area contributed by atoms with Crippen molar-refractivity contribution in [1.29, 1.82) is 0 Å². The number of rotatable bonds is 6. The van der Waals surface area contributed by atoms with Crippen LogP contribution in [0.1, 0.15) is 26.2 Å². The van der Waals surface area contributed by atoms with Gasteiger partial charge in [0.1, 0.15) is 6.61 Å². The van der Waals surface area contributed by atoms with Gasteiger partial charge in [-0.2, -0.15) is 0 Å². The number of hydrogen-bond donors (Lipinski definition) is 1. The zero-order valence-electron chi connectivity index (χ0n) is 12.6. The van der Waals surface area contributed by atoms with Crippen molar-refractivity contribution in [3.8, 4) is 0 Å². The average Bonchev–Trinajstić information content (AvgIpc) is 2.97. The van der Waals surface area contributed by atoms with Crippen molar-refractivity contribution in [1.82, 2.24) is 9.80 Å². The van der Waals surface area contributed by atoms with Crippen LogP contribution in [0.2, 0.25) is 0 Å². The van der Waals surface area contributed by atoms with E-state index in [9.17, 15) is 9.90 Å². The number of carbonyl (C=O) groups excluding carboxylic acids is 1. The first kappa shape index (κ1) is 15.7. The maximum atomic E-state index is 12.1. The molecule has 20 heavy (non-hydrogen) atoms. The van der Waals surface area contributed by atoms with Gasteiger partial charge in [-0.1, -0.05) is 0 Å². The van der Waals surface area contributed by atoms with Crippen molar-refractivity contribution in [3.63, 3.8) is 0 Å². The van der Waals surface area contributed by atoms with Gasteiger partial charge in [-0.15, -0.1) is 0 Å². The van der Waals surface area contributed by atoms with Crippen LogP contribution in [0.15, 0.2) is 0 Å². The Balaban J connectivity index is 1.86. The van der Waals surface area contributed by atoms with Gasteiger partial charge in [0.05, 0.1) is 0 Å². The summed E-state index contributed by atoms with van der Waals surface area (Å²) in [6.45, 7) is 7.75. The highest BCUT2D eigenvalue weighted by Crippen LogP contribution is 2.24. The van der Waals surface area contributed by atoms with Crippen molar-refractivity contribution in [2.24, 2.45) is 11.8 Å². The van der Waals surface area contributed by atoms with E-state index in [1.807, 2.05) is 11.8 Å². The van der Waals surface area contributed by atoms with Gasteiger partial charge in [-0.05, 0) is 51.1 Å². The zero-order chi connectivity index (χ0) is 14.4. The van der Waals surface area contributed by atoms with Crippen LogP contribution >= 0.6 is 0 Å². The smallest absolute Gasteiger partial charge is 0.248 e. The highest BCUT2D eigenvalue weighted by molar-refractivity contribution is 5.77. The van der Waals surface area contributed by atoms with E-state index in [1.54, 1.807) is 0 Å². The van der Waals surface area contributed by atoms with E-state index in [-0.39, 0.29) is 25.0 Å². The van der Waals surface area contributed by atoms with Gasteiger partial charge in [0.15, 0.2) is 0 Å². The lowest BCUT2D eigenvalue weighted by molar-refractivity contribution is -0.139. The Labute approximate surface area is 121 Å². The minimum atomic E-state index is 0.0661. The number of piperidine rings is 1. The van der Waals surface area contributed by atoms with E-state index in [0.717, 1.165) is 19.5 Å². The second kappa shape index (κ2) is 7.96. The molecular weight excluding hydrogens is 256 g/mol. The fraction of sp³-hybridized carbons (Fsp3) is 0.933. The van der Waals surface area contributed by atoms with Crippen LogP contribution in [-0.4, -0.2) is 73.4 Å². The third kappa shape index (κ3) is 4.43. The Bertz CT molecular complexity index is 305. The van der Waals surface area contributed by atoms with Crippen LogP contribution in [0, 0.1) is 11.8 Å². The largest absolute Gasteiger partial charge is 0.396 e. The van der Waals surface area contributed by atoms with Gasteiger partial charge in [-0.25, -0.2) is 0 Å². The monoisotopic (exact) mass is 284 g/mol. The first-order chi connectivity index (χ1) is 9.72. The molecule has 0 aliphatic carbocycles. The Kier molecular flexibility index (Phi) is 6.26. The summed E-state index contributed by atoms with van der Waals surface area (Å²) in [6, 6.07) is 0. The predicted molar refractivity (Wildman–Crippen MR) is 77.4 cm³/mol. The van der Waals surface area contributed by atoms with Crippen molar-refractivity contribution in [2.45, 2.75) is 26.2 Å². The highest BCUT2D eigenvalue weighted by Gasteiger charge is 2.31. The maximum Gasteiger partial charge on any atom is 0.248 e. The number of amides is 1. The van der Waals surface area contributed by atoms with Gasteiger partial charge in [-0.3, -0.25) is 4.79 Å². The van der Waals surface area contributed by atoms with Crippen LogP contribution in [0.5, 0.6) is 0 Å². The van der Waals surface area contributed by atoms with E-state index < -0.39 is 0 Å². The molecule has 0 spiro atoms. The van der Waals surface area contributed by atoms with Gasteiger partial charge < -0.3 is 19.6 Å². The molecule has 2 rings (SSSR count). The fourth-order valence-corrected chi connectivity index (χ4v) is 3.40. The van der Waals surface area contributed by atoms with Gasteiger partial charge in [0, 0.05) is 32.8 Å². The molecular formula is C15H28N2O3. The molecule has 0 bridgehead atoms. The Hall–Kier alpha value is -0.650. The van der Waals surface area contributed by atoms with Crippen molar-refractivity contribution in [3.05, 3.63) is 0 Å². The molecule has 0 aromatic heterocycles. The zero-order valence-corrected chi connectivity index (χ0v) is 12.6. The van der Waals surface area contributed by atoms with Crippen molar-refractivity contribution >= 4 is 5.91 Å². The van der Waals surface area contributed by atoms with Gasteiger partial charge in [0.25, 0.3) is 0 Å². The Morgan fingerprint density at radius 3 is 2.60 bits per heavy atom. The van der Waals surface area contributed by atoms with E-state index >= 15 is 0 Å². The third-order valence-electron chi connectivity index (χ3n) is 4.38. The summed E-state index contributed by atoms with van der Waals surface area (Å²) in [5.74, 6) is 0.780. The lowest BCUT2D eigenvalue weighted by atomic mass is 9.89. The topological polar surface area (TPSA) is 53.0 Å². The molecule has 1 N–H and O–H groups in total. The fourth-order valence-electron chi connectivity index (χ4n) is 3.40. The van der Waals surface area contributed by atoms with E-state index in [2.05, 4.69) is 4.90 Å². The molecule has 2 aliphatic rings. The van der Waals surface area contributed by atoms with E-state index in [1.165, 1.54) is 25.9 Å². The number of carbonyl (C=O) groups is 1. The molecule has 1 amide bonds. The average molecular weight is 284 g/mol. The molecule has 5 heteroatoms. The number of nitrogens with zero attached hydrogens (tertiary/aromatic N) is 2. The van der Waals surface area contributed by atoms with Gasteiger partial charge >= 0.3 is 0 Å². The summed E-state index contributed by atoms with van der Waals surface area (Å²) in [7, 11) is 0. The number of ether oxygens (including phenoxy) is 1. The van der Waals surface area contributed by atoms with Crippen molar-refractivity contribution in [2.75, 3.05) is 52.5 Å². The van der Waals surface area contributed by atoms with Crippen LogP contribution in [0.3, 0.4) is 0 Å². The molecule has 0 radical (unpaired) electrons. The lowest BCUT2D eigenvalue weighted by Gasteiger charge is -2.38. The summed E-state index contributed by atoms with van der Waals surface area (Å²) in [5, 5.41) is 9.46. The number of likely N-dealkylation sites (tertiary alicyclic amines) is 2. The quantitative estimate of drug-likeness (QED) is 0.775. The normalized spacial score (nSPS) is 28.0. The summed E-state index contributed by atoms with van der Waals surface area (Å²) in [4.78, 5) is 16.5. The molecule has 2 fully saturated rings. The molecule has 2 atom stereocenters. The molecule has 0 aromatic carbocycles. The number of hydrogen-bond acceptors (Lipinski definition) is 4. The molecule has 0 saturated carbocycles. The second-order valence-electron chi connectivity index (χ2n) is 6.09.